The van der Waals surface area contributed by atoms with Gasteiger partial charge < -0.3 is 9.30 Å². The van der Waals surface area contributed by atoms with Gasteiger partial charge in [0, 0.05) is 31.8 Å². The Balaban J connectivity index is 1.81. The number of aromatic nitrogens is 3. The zero-order valence-corrected chi connectivity index (χ0v) is 15.7. The summed E-state index contributed by atoms with van der Waals surface area (Å²) >= 11 is 0. The Kier molecular flexibility index (Phi) is 5.66. The highest BCUT2D eigenvalue weighted by molar-refractivity contribution is 5.79. The van der Waals surface area contributed by atoms with Crippen molar-refractivity contribution in [3.63, 3.8) is 0 Å². The Hall–Kier alpha value is -2.69. The summed E-state index contributed by atoms with van der Waals surface area (Å²) in [5.74, 6) is 0.0956. The van der Waals surface area contributed by atoms with Crippen LogP contribution in [0.5, 0.6) is 0 Å². The molecule has 0 radical (unpaired) electrons. The van der Waals surface area contributed by atoms with E-state index in [4.69, 9.17) is 0 Å². The number of nitrogens with zero attached hydrogens (tertiary/aromatic N) is 4. The van der Waals surface area contributed by atoms with Crippen LogP contribution in [0.1, 0.15) is 49.0 Å². The molecule has 26 heavy (non-hydrogen) atoms. The number of likely N-dealkylation sites (N-methyl/N-ethyl adjacent to an activating group) is 1. The second-order valence-electron chi connectivity index (χ2n) is 6.76. The third-order valence-corrected chi connectivity index (χ3v) is 4.90. The van der Waals surface area contributed by atoms with E-state index in [1.165, 1.54) is 0 Å². The number of fused-ring (bicyclic) bond motifs is 1. The zero-order chi connectivity index (χ0) is 18.5. The average Bonchev–Trinajstić information content (AvgIpc) is 3.07. The van der Waals surface area contributed by atoms with Gasteiger partial charge in [-0.3, -0.25) is 9.78 Å². The van der Waals surface area contributed by atoms with Crippen LogP contribution in [-0.4, -0.2) is 32.2 Å². The molecule has 0 aliphatic carbocycles. The van der Waals surface area contributed by atoms with Gasteiger partial charge in [-0.05, 0) is 36.6 Å². The lowest BCUT2D eigenvalue weighted by molar-refractivity contribution is -0.131. The van der Waals surface area contributed by atoms with Crippen molar-refractivity contribution in [1.82, 2.24) is 19.3 Å². The van der Waals surface area contributed by atoms with Gasteiger partial charge in [0.1, 0.15) is 5.65 Å². The number of unbranched alkanes of at least 4 members (excludes halogenated alkanes) is 1. The van der Waals surface area contributed by atoms with E-state index >= 15 is 0 Å². The van der Waals surface area contributed by atoms with E-state index in [2.05, 4.69) is 23.0 Å². The summed E-state index contributed by atoms with van der Waals surface area (Å²) in [6.45, 7) is 4.20. The lowest BCUT2D eigenvalue weighted by Crippen LogP contribution is -2.32. The third kappa shape index (κ3) is 3.77. The maximum atomic E-state index is 13.0. The molecular formula is C21H26N4O. The van der Waals surface area contributed by atoms with Crippen molar-refractivity contribution in [2.45, 2.75) is 45.6 Å². The van der Waals surface area contributed by atoms with Crippen molar-refractivity contribution in [2.24, 2.45) is 0 Å². The number of carbonyl (C=O) groups is 1. The maximum Gasteiger partial charge on any atom is 0.228 e. The van der Waals surface area contributed by atoms with E-state index in [-0.39, 0.29) is 11.9 Å². The van der Waals surface area contributed by atoms with E-state index in [0.29, 0.717) is 6.42 Å². The van der Waals surface area contributed by atoms with Crippen LogP contribution in [-0.2, 0) is 11.2 Å². The van der Waals surface area contributed by atoms with Gasteiger partial charge in [-0.15, -0.1) is 0 Å². The highest BCUT2D eigenvalue weighted by Crippen LogP contribution is 2.25. The molecule has 0 saturated heterocycles. The molecule has 0 saturated carbocycles. The molecule has 1 atom stereocenters. The predicted molar refractivity (Wildman–Crippen MR) is 103 cm³/mol. The summed E-state index contributed by atoms with van der Waals surface area (Å²) in [5.41, 5.74) is 4.02. The SMILES string of the molecule is CCCCC(c1cccnc1)N(C)C(=O)Cc1cnc2c(C)cccn12. The first-order valence-electron chi connectivity index (χ1n) is 9.19. The molecule has 0 aliphatic rings. The second kappa shape index (κ2) is 8.13. The highest BCUT2D eigenvalue weighted by atomic mass is 16.2. The Labute approximate surface area is 154 Å². The number of aryl methyl sites for hydroxylation is 1. The predicted octanol–water partition coefficient (Wildman–Crippen LogP) is 3.97. The molecule has 136 valence electrons. The zero-order valence-electron chi connectivity index (χ0n) is 15.7. The molecule has 1 unspecified atom stereocenters. The molecule has 3 aromatic heterocycles. The minimum Gasteiger partial charge on any atom is -0.338 e. The summed E-state index contributed by atoms with van der Waals surface area (Å²) in [7, 11) is 1.89. The number of imidazole rings is 1. The molecule has 5 nitrogen and oxygen atoms in total. The minimum absolute atomic E-state index is 0.0528. The molecule has 0 aliphatic heterocycles. The minimum atomic E-state index is 0.0528. The Bertz CT molecular complexity index is 872. The van der Waals surface area contributed by atoms with Crippen LogP contribution >= 0.6 is 0 Å². The fraction of sp³-hybridized carbons (Fsp3) is 0.381. The standard InChI is InChI=1S/C21H26N4O/c1-4-5-10-19(17-9-6-11-22-14-17)24(3)20(26)13-18-15-23-21-16(2)8-7-12-25(18)21/h6-9,11-12,14-15,19H,4-5,10,13H2,1-3H3. The number of hydrogen-bond acceptors (Lipinski definition) is 3. The third-order valence-electron chi connectivity index (χ3n) is 4.90. The maximum absolute atomic E-state index is 13.0. The van der Waals surface area contributed by atoms with Crippen LogP contribution in [0.25, 0.3) is 5.65 Å². The van der Waals surface area contributed by atoms with E-state index in [1.54, 1.807) is 12.4 Å². The molecule has 0 fully saturated rings. The molecule has 0 N–H and O–H groups in total. The van der Waals surface area contributed by atoms with E-state index in [0.717, 1.165) is 41.7 Å². The molecule has 5 heteroatoms. The summed E-state index contributed by atoms with van der Waals surface area (Å²) in [6, 6.07) is 8.05. The highest BCUT2D eigenvalue weighted by Gasteiger charge is 2.22. The van der Waals surface area contributed by atoms with Gasteiger partial charge in [-0.2, -0.15) is 0 Å². The van der Waals surface area contributed by atoms with Crippen molar-refractivity contribution in [1.29, 1.82) is 0 Å². The first-order valence-corrected chi connectivity index (χ1v) is 9.19. The van der Waals surface area contributed by atoms with Gasteiger partial charge in [-0.25, -0.2) is 4.98 Å². The van der Waals surface area contributed by atoms with Crippen molar-refractivity contribution in [3.05, 3.63) is 65.9 Å². The summed E-state index contributed by atoms with van der Waals surface area (Å²) in [4.78, 5) is 23.5. The summed E-state index contributed by atoms with van der Waals surface area (Å²) in [6.07, 6.45) is 10.9. The van der Waals surface area contributed by atoms with E-state index < -0.39 is 0 Å². The van der Waals surface area contributed by atoms with Crippen LogP contribution in [0, 0.1) is 6.92 Å². The molecular weight excluding hydrogens is 324 g/mol. The fourth-order valence-electron chi connectivity index (χ4n) is 3.34. The summed E-state index contributed by atoms with van der Waals surface area (Å²) < 4.78 is 2.01. The van der Waals surface area contributed by atoms with Gasteiger partial charge in [-0.1, -0.05) is 31.9 Å². The molecule has 3 heterocycles. The van der Waals surface area contributed by atoms with Gasteiger partial charge in [0.05, 0.1) is 18.2 Å². The molecule has 3 rings (SSSR count). The molecule has 0 bridgehead atoms. The molecule has 0 aromatic carbocycles. The van der Waals surface area contributed by atoms with Gasteiger partial charge in [0.25, 0.3) is 0 Å². The van der Waals surface area contributed by atoms with Crippen LogP contribution in [0.2, 0.25) is 0 Å². The Morgan fingerprint density at radius 3 is 2.85 bits per heavy atom. The van der Waals surface area contributed by atoms with E-state index in [1.807, 2.05) is 53.9 Å². The van der Waals surface area contributed by atoms with E-state index in [9.17, 15) is 4.79 Å². The van der Waals surface area contributed by atoms with Crippen molar-refractivity contribution in [2.75, 3.05) is 7.05 Å². The number of carbonyl (C=O) groups excluding carboxylic acids is 1. The lowest BCUT2D eigenvalue weighted by Gasteiger charge is -2.28. The first-order chi connectivity index (χ1) is 12.6. The monoisotopic (exact) mass is 350 g/mol. The van der Waals surface area contributed by atoms with Gasteiger partial charge in [0.2, 0.25) is 5.91 Å². The van der Waals surface area contributed by atoms with Crippen molar-refractivity contribution in [3.8, 4) is 0 Å². The smallest absolute Gasteiger partial charge is 0.228 e. The Morgan fingerprint density at radius 2 is 2.12 bits per heavy atom. The molecule has 1 amide bonds. The number of pyridine rings is 2. The molecule has 0 spiro atoms. The molecule has 3 aromatic rings. The van der Waals surface area contributed by atoms with Crippen molar-refractivity contribution >= 4 is 11.6 Å². The topological polar surface area (TPSA) is 50.5 Å². The first kappa shape index (κ1) is 18.1. The fourth-order valence-corrected chi connectivity index (χ4v) is 3.34. The van der Waals surface area contributed by atoms with Crippen molar-refractivity contribution < 1.29 is 4.79 Å². The average molecular weight is 350 g/mol. The quantitative estimate of drug-likeness (QED) is 0.648. The summed E-state index contributed by atoms with van der Waals surface area (Å²) in [5, 5.41) is 0. The number of rotatable bonds is 7. The van der Waals surface area contributed by atoms with Gasteiger partial charge >= 0.3 is 0 Å². The van der Waals surface area contributed by atoms with Gasteiger partial charge in [0.15, 0.2) is 0 Å². The second-order valence-corrected chi connectivity index (χ2v) is 6.76. The Morgan fingerprint density at radius 1 is 1.27 bits per heavy atom. The van der Waals surface area contributed by atoms with Crippen LogP contribution in [0.4, 0.5) is 0 Å². The largest absolute Gasteiger partial charge is 0.338 e. The number of hydrogen-bond donors (Lipinski definition) is 0. The van der Waals surface area contributed by atoms with Crippen LogP contribution < -0.4 is 0 Å². The normalized spacial score (nSPS) is 12.3. The van der Waals surface area contributed by atoms with Crippen LogP contribution in [0.15, 0.2) is 49.1 Å². The lowest BCUT2D eigenvalue weighted by atomic mass is 10.0. The number of amides is 1. The van der Waals surface area contributed by atoms with Crippen LogP contribution in [0.3, 0.4) is 0 Å².